The van der Waals surface area contributed by atoms with Gasteiger partial charge in [-0.3, -0.25) is 4.79 Å². The highest BCUT2D eigenvalue weighted by Crippen LogP contribution is 2.08. The van der Waals surface area contributed by atoms with E-state index in [9.17, 15) is 14.8 Å². The highest BCUT2D eigenvalue weighted by atomic mass is 16.8. The van der Waals surface area contributed by atoms with Crippen LogP contribution in [-0.2, 0) is 19.1 Å². The van der Waals surface area contributed by atoms with Crippen LogP contribution in [0.2, 0.25) is 0 Å². The van der Waals surface area contributed by atoms with Gasteiger partial charge in [0.2, 0.25) is 5.28 Å². The quantitative estimate of drug-likeness (QED) is 0.187. The summed E-state index contributed by atoms with van der Waals surface area (Å²) in [5.41, 5.74) is -0.714. The van der Waals surface area contributed by atoms with Crippen molar-refractivity contribution in [3.05, 3.63) is 5.21 Å². The number of carbonyl (C=O) groups excluding carboxylic acids is 1. The number of carbonyl (C=O) groups is 2. The van der Waals surface area contributed by atoms with Gasteiger partial charge in [-0.15, -0.1) is 5.01 Å². The Kier molecular flexibility index (Phi) is 7.25. The van der Waals surface area contributed by atoms with E-state index in [1.807, 2.05) is 0 Å². The van der Waals surface area contributed by atoms with E-state index in [0.29, 0.717) is 0 Å². The SMILES string of the molecule is CC(C)N(CC(=O)O)/[N+]([O-])=N/OCOC(=O)OC(C)(C)C. The maximum Gasteiger partial charge on any atom is 0.511 e. The van der Waals surface area contributed by atoms with Crippen LogP contribution >= 0.6 is 0 Å². The fraction of sp³-hybridized carbons (Fsp3) is 0.818. The fourth-order valence-electron chi connectivity index (χ4n) is 1.05. The summed E-state index contributed by atoms with van der Waals surface area (Å²) in [7, 11) is 0. The third-order valence-corrected chi connectivity index (χ3v) is 1.86. The maximum atomic E-state index is 11.5. The second-order valence-electron chi connectivity index (χ2n) is 5.28. The minimum atomic E-state index is -1.19. The first-order valence-corrected chi connectivity index (χ1v) is 6.17. The van der Waals surface area contributed by atoms with Gasteiger partial charge in [0.05, 0.1) is 11.0 Å². The van der Waals surface area contributed by atoms with Crippen molar-refractivity contribution in [1.29, 1.82) is 0 Å². The monoisotopic (exact) mass is 307 g/mol. The molecule has 0 atom stereocenters. The Morgan fingerprint density at radius 3 is 2.38 bits per heavy atom. The van der Waals surface area contributed by atoms with Crippen LogP contribution in [0.3, 0.4) is 0 Å². The van der Waals surface area contributed by atoms with Crippen molar-refractivity contribution in [2.75, 3.05) is 13.3 Å². The molecule has 0 radical (unpaired) electrons. The van der Waals surface area contributed by atoms with Gasteiger partial charge in [0.15, 0.2) is 6.54 Å². The van der Waals surface area contributed by atoms with Crippen molar-refractivity contribution in [3.8, 4) is 0 Å². The van der Waals surface area contributed by atoms with Gasteiger partial charge in [0.25, 0.3) is 6.79 Å². The Labute approximate surface area is 122 Å². The van der Waals surface area contributed by atoms with E-state index in [1.165, 1.54) is 0 Å². The van der Waals surface area contributed by atoms with Crippen LogP contribution in [-0.4, -0.2) is 52.2 Å². The van der Waals surface area contributed by atoms with Gasteiger partial charge in [0, 0.05) is 0 Å². The van der Waals surface area contributed by atoms with Crippen molar-refractivity contribution in [3.63, 3.8) is 0 Å². The van der Waals surface area contributed by atoms with E-state index in [-0.39, 0.29) is 4.97 Å². The van der Waals surface area contributed by atoms with Gasteiger partial charge in [0.1, 0.15) is 5.60 Å². The lowest BCUT2D eigenvalue weighted by Crippen LogP contribution is -2.40. The number of rotatable bonds is 7. The van der Waals surface area contributed by atoms with E-state index in [1.54, 1.807) is 34.6 Å². The van der Waals surface area contributed by atoms with Crippen molar-refractivity contribution in [1.82, 2.24) is 5.01 Å². The molecule has 0 aliphatic carbocycles. The van der Waals surface area contributed by atoms with E-state index in [0.717, 1.165) is 5.01 Å². The van der Waals surface area contributed by atoms with Crippen molar-refractivity contribution in [2.45, 2.75) is 46.3 Å². The van der Waals surface area contributed by atoms with Gasteiger partial charge in [-0.2, -0.15) is 0 Å². The molecule has 0 saturated heterocycles. The molecule has 0 fully saturated rings. The molecule has 0 saturated carbocycles. The minimum Gasteiger partial charge on any atom is -0.569 e. The van der Waals surface area contributed by atoms with Crippen molar-refractivity contribution in [2.24, 2.45) is 5.28 Å². The lowest BCUT2D eigenvalue weighted by molar-refractivity contribution is -0.716. The van der Waals surface area contributed by atoms with Crippen LogP contribution < -0.4 is 0 Å². The standard InChI is InChI=1S/C11H21N3O7/c1-8(2)13(6-9(15)16)14(18)12-20-7-19-10(17)21-11(3,4)5/h8H,6-7H2,1-5H3,(H,15,16)/b14-12-. The summed E-state index contributed by atoms with van der Waals surface area (Å²) in [6.07, 6.45) is -0.971. The molecule has 0 amide bonds. The average Bonchev–Trinajstić information content (AvgIpc) is 2.28. The molecule has 0 aromatic rings. The molecule has 0 aliphatic rings. The van der Waals surface area contributed by atoms with Gasteiger partial charge in [-0.1, -0.05) is 0 Å². The number of aliphatic carboxylic acids is 1. The second-order valence-corrected chi connectivity index (χ2v) is 5.28. The third kappa shape index (κ3) is 9.30. The highest BCUT2D eigenvalue weighted by Gasteiger charge is 2.21. The Morgan fingerprint density at radius 1 is 1.38 bits per heavy atom. The van der Waals surface area contributed by atoms with E-state index < -0.39 is 37.1 Å². The summed E-state index contributed by atoms with van der Waals surface area (Å²) in [5, 5.41) is 24.1. The molecule has 0 aromatic heterocycles. The van der Waals surface area contributed by atoms with E-state index in [4.69, 9.17) is 9.84 Å². The molecule has 0 spiro atoms. The Morgan fingerprint density at radius 2 is 1.95 bits per heavy atom. The Hall–Kier alpha value is -2.26. The number of carboxylic acid groups (broad SMARTS) is 1. The van der Waals surface area contributed by atoms with Crippen LogP contribution in [0.25, 0.3) is 0 Å². The minimum absolute atomic E-state index is 0.0166. The fourth-order valence-corrected chi connectivity index (χ4v) is 1.05. The van der Waals surface area contributed by atoms with Gasteiger partial charge < -0.3 is 24.6 Å². The Balaban J connectivity index is 4.27. The number of ether oxygens (including phenoxy) is 2. The van der Waals surface area contributed by atoms with Gasteiger partial charge >= 0.3 is 12.1 Å². The molecule has 0 aromatic carbocycles. The predicted octanol–water partition coefficient (Wildman–Crippen LogP) is 1.50. The number of hydrogen-bond donors (Lipinski definition) is 1. The zero-order valence-corrected chi connectivity index (χ0v) is 12.7. The van der Waals surface area contributed by atoms with Crippen LogP contribution in [0.15, 0.2) is 5.28 Å². The van der Waals surface area contributed by atoms with Crippen LogP contribution in [0.5, 0.6) is 0 Å². The molecule has 0 heterocycles. The molecule has 0 bridgehead atoms. The largest absolute Gasteiger partial charge is 0.569 e. The summed E-state index contributed by atoms with van der Waals surface area (Å²) in [5.74, 6) is -1.19. The molecular formula is C11H21N3O7. The van der Waals surface area contributed by atoms with Crippen molar-refractivity contribution >= 4 is 12.1 Å². The summed E-state index contributed by atoms with van der Waals surface area (Å²) >= 11 is 0. The first-order chi connectivity index (χ1) is 9.53. The summed E-state index contributed by atoms with van der Waals surface area (Å²) in [6.45, 7) is 7.02. The zero-order chi connectivity index (χ0) is 16.6. The highest BCUT2D eigenvalue weighted by molar-refractivity contribution is 5.68. The molecule has 0 unspecified atom stereocenters. The number of hydrogen-bond acceptors (Lipinski definition) is 7. The Bertz CT molecular complexity index is 390. The molecule has 21 heavy (non-hydrogen) atoms. The zero-order valence-electron chi connectivity index (χ0n) is 12.7. The molecule has 10 nitrogen and oxygen atoms in total. The molecule has 10 heteroatoms. The predicted molar refractivity (Wildman–Crippen MR) is 68.8 cm³/mol. The lowest BCUT2D eigenvalue weighted by atomic mass is 10.2. The number of nitrogens with zero attached hydrogens (tertiary/aromatic N) is 3. The normalized spacial score (nSPS) is 12.0. The first-order valence-electron chi connectivity index (χ1n) is 6.17. The number of hydrazine groups is 1. The second kappa shape index (κ2) is 8.12. The van der Waals surface area contributed by atoms with E-state index >= 15 is 0 Å². The third-order valence-electron chi connectivity index (χ3n) is 1.86. The van der Waals surface area contributed by atoms with Crippen LogP contribution in [0.4, 0.5) is 4.79 Å². The van der Waals surface area contributed by atoms with Crippen LogP contribution in [0.1, 0.15) is 34.6 Å². The van der Waals surface area contributed by atoms with Gasteiger partial charge in [-0.25, -0.2) is 4.79 Å². The smallest absolute Gasteiger partial charge is 0.511 e. The summed E-state index contributed by atoms with van der Waals surface area (Å²) < 4.78 is 9.33. The number of carboxylic acids is 1. The molecule has 122 valence electrons. The maximum absolute atomic E-state index is 11.5. The first kappa shape index (κ1) is 18.7. The van der Waals surface area contributed by atoms with Crippen molar-refractivity contribution < 1.29 is 34.0 Å². The molecular weight excluding hydrogens is 286 g/mol. The molecule has 1 N–H and O–H groups in total. The summed E-state index contributed by atoms with van der Waals surface area (Å²) in [4.78, 5) is 26.2. The average molecular weight is 307 g/mol. The lowest BCUT2D eigenvalue weighted by Gasteiger charge is -2.19. The topological polar surface area (TPSA) is 124 Å². The van der Waals surface area contributed by atoms with E-state index in [2.05, 4.69) is 14.9 Å². The molecule has 0 aliphatic heterocycles. The molecule has 0 rings (SSSR count). The van der Waals surface area contributed by atoms with Crippen LogP contribution in [0, 0.1) is 5.21 Å². The van der Waals surface area contributed by atoms with Gasteiger partial charge in [-0.05, 0) is 34.6 Å². The summed E-state index contributed by atoms with van der Waals surface area (Å²) in [6, 6.07) is -0.405.